The van der Waals surface area contributed by atoms with E-state index in [1.54, 1.807) is 7.11 Å². The van der Waals surface area contributed by atoms with Gasteiger partial charge in [-0.2, -0.15) is 0 Å². The van der Waals surface area contributed by atoms with Crippen LogP contribution in [-0.2, 0) is 14.3 Å². The molecule has 1 saturated heterocycles. The Bertz CT molecular complexity index is 217. The Morgan fingerprint density at radius 2 is 2.38 bits per heavy atom. The molecule has 0 bridgehead atoms. The predicted octanol–water partition coefficient (Wildman–Crippen LogP) is -0.109. The third kappa shape index (κ3) is 3.73. The average molecular weight is 230 g/mol. The molecule has 1 aliphatic rings. The highest BCUT2D eigenvalue weighted by Crippen LogP contribution is 2.12. The lowest BCUT2D eigenvalue weighted by molar-refractivity contribution is -0.126. The monoisotopic (exact) mass is 230 g/mol. The lowest BCUT2D eigenvalue weighted by atomic mass is 10.0. The van der Waals surface area contributed by atoms with Crippen LogP contribution in [0.15, 0.2) is 0 Å². The van der Waals surface area contributed by atoms with Crippen LogP contribution in [0.25, 0.3) is 0 Å². The minimum Gasteiger partial charge on any atom is -0.383 e. The summed E-state index contributed by atoms with van der Waals surface area (Å²) in [4.78, 5) is 11.9. The molecule has 0 saturated carbocycles. The Balaban J connectivity index is 2.40. The van der Waals surface area contributed by atoms with E-state index in [0.717, 1.165) is 12.8 Å². The van der Waals surface area contributed by atoms with Crippen molar-refractivity contribution in [3.63, 3.8) is 0 Å². The maximum absolute atomic E-state index is 11.9. The van der Waals surface area contributed by atoms with Crippen molar-refractivity contribution in [1.29, 1.82) is 0 Å². The summed E-state index contributed by atoms with van der Waals surface area (Å²) in [7, 11) is 1.64. The first-order valence-corrected chi connectivity index (χ1v) is 5.81. The molecule has 1 rings (SSSR count). The van der Waals surface area contributed by atoms with Gasteiger partial charge in [-0.1, -0.05) is 13.3 Å². The van der Waals surface area contributed by atoms with Gasteiger partial charge in [0.1, 0.15) is 0 Å². The van der Waals surface area contributed by atoms with Gasteiger partial charge in [-0.05, 0) is 6.42 Å². The van der Waals surface area contributed by atoms with Gasteiger partial charge >= 0.3 is 0 Å². The van der Waals surface area contributed by atoms with Crippen LogP contribution in [-0.4, -0.2) is 44.9 Å². The molecule has 0 aromatic carbocycles. The molecule has 0 radical (unpaired) electrons. The Hall–Kier alpha value is -0.650. The van der Waals surface area contributed by atoms with Crippen molar-refractivity contribution < 1.29 is 14.3 Å². The minimum absolute atomic E-state index is 0.0134. The number of hydrogen-bond acceptors (Lipinski definition) is 4. The van der Waals surface area contributed by atoms with E-state index in [2.05, 4.69) is 12.2 Å². The molecule has 1 aliphatic heterocycles. The Morgan fingerprint density at radius 3 is 2.88 bits per heavy atom. The molecular weight excluding hydrogens is 208 g/mol. The SMILES string of the molecule is CCCC(COC)NC(=O)C1COCC1N. The topological polar surface area (TPSA) is 73.6 Å². The number of rotatable bonds is 6. The number of amides is 1. The molecule has 94 valence electrons. The van der Waals surface area contributed by atoms with Crippen LogP contribution in [0.4, 0.5) is 0 Å². The summed E-state index contributed by atoms with van der Waals surface area (Å²) in [6.45, 7) is 3.53. The second kappa shape index (κ2) is 6.83. The third-order valence-electron chi connectivity index (χ3n) is 2.81. The summed E-state index contributed by atoms with van der Waals surface area (Å²) in [6, 6.07) is -0.0971. The van der Waals surface area contributed by atoms with Crippen molar-refractivity contribution in [3.8, 4) is 0 Å². The Kier molecular flexibility index (Phi) is 5.73. The molecule has 16 heavy (non-hydrogen) atoms. The summed E-state index contributed by atoms with van der Waals surface area (Å²) in [6.07, 6.45) is 1.93. The van der Waals surface area contributed by atoms with Crippen molar-refractivity contribution in [2.24, 2.45) is 11.7 Å². The van der Waals surface area contributed by atoms with Crippen molar-refractivity contribution in [1.82, 2.24) is 5.32 Å². The highest BCUT2D eigenvalue weighted by molar-refractivity contribution is 5.80. The van der Waals surface area contributed by atoms with E-state index in [9.17, 15) is 4.79 Å². The maximum atomic E-state index is 11.9. The fourth-order valence-corrected chi connectivity index (χ4v) is 1.90. The van der Waals surface area contributed by atoms with Gasteiger partial charge in [0.05, 0.1) is 31.8 Å². The molecule has 0 aliphatic carbocycles. The van der Waals surface area contributed by atoms with E-state index in [1.807, 2.05) is 0 Å². The molecular formula is C11H22N2O3. The van der Waals surface area contributed by atoms with Gasteiger partial charge in [0, 0.05) is 13.2 Å². The van der Waals surface area contributed by atoms with Gasteiger partial charge < -0.3 is 20.5 Å². The van der Waals surface area contributed by atoms with Gasteiger partial charge in [0.2, 0.25) is 5.91 Å². The predicted molar refractivity (Wildman–Crippen MR) is 61.0 cm³/mol. The molecule has 5 heteroatoms. The highest BCUT2D eigenvalue weighted by Gasteiger charge is 2.32. The number of carbonyl (C=O) groups is 1. The summed E-state index contributed by atoms with van der Waals surface area (Å²) >= 11 is 0. The smallest absolute Gasteiger partial charge is 0.227 e. The van der Waals surface area contributed by atoms with Crippen LogP contribution in [0, 0.1) is 5.92 Å². The molecule has 1 fully saturated rings. The summed E-state index contributed by atoms with van der Waals surface area (Å²) in [5.74, 6) is -0.225. The molecule has 5 nitrogen and oxygen atoms in total. The first-order valence-electron chi connectivity index (χ1n) is 5.81. The van der Waals surface area contributed by atoms with Gasteiger partial charge in [-0.15, -0.1) is 0 Å². The molecule has 0 spiro atoms. The zero-order chi connectivity index (χ0) is 12.0. The number of hydrogen-bond donors (Lipinski definition) is 2. The molecule has 3 N–H and O–H groups in total. The molecule has 0 aromatic rings. The van der Waals surface area contributed by atoms with Gasteiger partial charge in [-0.3, -0.25) is 4.79 Å². The number of ether oxygens (including phenoxy) is 2. The maximum Gasteiger partial charge on any atom is 0.227 e. The summed E-state index contributed by atoms with van der Waals surface area (Å²) in [5.41, 5.74) is 5.79. The van der Waals surface area contributed by atoms with E-state index in [-0.39, 0.29) is 23.9 Å². The quantitative estimate of drug-likeness (QED) is 0.668. The largest absolute Gasteiger partial charge is 0.383 e. The zero-order valence-corrected chi connectivity index (χ0v) is 10.1. The van der Waals surface area contributed by atoms with Crippen LogP contribution in [0.5, 0.6) is 0 Å². The summed E-state index contributed by atoms with van der Waals surface area (Å²) < 4.78 is 10.2. The zero-order valence-electron chi connectivity index (χ0n) is 10.1. The van der Waals surface area contributed by atoms with Gasteiger partial charge in [0.25, 0.3) is 0 Å². The molecule has 1 amide bonds. The lowest BCUT2D eigenvalue weighted by Gasteiger charge is -2.20. The van der Waals surface area contributed by atoms with E-state index >= 15 is 0 Å². The van der Waals surface area contributed by atoms with Crippen LogP contribution < -0.4 is 11.1 Å². The third-order valence-corrected chi connectivity index (χ3v) is 2.81. The fourth-order valence-electron chi connectivity index (χ4n) is 1.90. The molecule has 3 unspecified atom stereocenters. The Labute approximate surface area is 96.7 Å². The van der Waals surface area contributed by atoms with Crippen molar-refractivity contribution in [2.45, 2.75) is 31.8 Å². The number of methoxy groups -OCH3 is 1. The summed E-state index contributed by atoms with van der Waals surface area (Å²) in [5, 5.41) is 2.97. The van der Waals surface area contributed by atoms with E-state index in [4.69, 9.17) is 15.2 Å². The van der Waals surface area contributed by atoms with E-state index < -0.39 is 0 Å². The second-order valence-corrected chi connectivity index (χ2v) is 4.26. The average Bonchev–Trinajstić information content (AvgIpc) is 2.65. The van der Waals surface area contributed by atoms with Crippen molar-refractivity contribution in [3.05, 3.63) is 0 Å². The fraction of sp³-hybridized carbons (Fsp3) is 0.909. The highest BCUT2D eigenvalue weighted by atomic mass is 16.5. The van der Waals surface area contributed by atoms with Gasteiger partial charge in [-0.25, -0.2) is 0 Å². The number of carbonyl (C=O) groups excluding carboxylic acids is 1. The van der Waals surface area contributed by atoms with Gasteiger partial charge in [0.15, 0.2) is 0 Å². The molecule has 1 heterocycles. The minimum atomic E-state index is -0.212. The number of nitrogens with one attached hydrogen (secondary N) is 1. The standard InChI is InChI=1S/C11H22N2O3/c1-3-4-8(5-15-2)13-11(14)9-6-16-7-10(9)12/h8-10H,3-7,12H2,1-2H3,(H,13,14). The first-order chi connectivity index (χ1) is 7.69. The van der Waals surface area contributed by atoms with Crippen LogP contribution in [0.3, 0.4) is 0 Å². The number of nitrogens with two attached hydrogens (primary N) is 1. The Morgan fingerprint density at radius 1 is 1.62 bits per heavy atom. The van der Waals surface area contributed by atoms with Crippen molar-refractivity contribution in [2.75, 3.05) is 26.9 Å². The lowest BCUT2D eigenvalue weighted by Crippen LogP contribution is -2.46. The van der Waals surface area contributed by atoms with Crippen LogP contribution in [0.1, 0.15) is 19.8 Å². The first kappa shape index (κ1) is 13.4. The normalized spacial score (nSPS) is 26.7. The van der Waals surface area contributed by atoms with Crippen LogP contribution >= 0.6 is 0 Å². The van der Waals surface area contributed by atoms with Crippen LogP contribution in [0.2, 0.25) is 0 Å². The van der Waals surface area contributed by atoms with E-state index in [0.29, 0.717) is 19.8 Å². The molecule has 3 atom stereocenters. The second-order valence-electron chi connectivity index (χ2n) is 4.26. The van der Waals surface area contributed by atoms with Crippen molar-refractivity contribution >= 4 is 5.91 Å². The molecule has 0 aromatic heterocycles. The van der Waals surface area contributed by atoms with E-state index in [1.165, 1.54) is 0 Å².